The lowest BCUT2D eigenvalue weighted by Crippen LogP contribution is -2.14. The van der Waals surface area contributed by atoms with Crippen molar-refractivity contribution < 1.29 is 14.3 Å². The fourth-order valence-electron chi connectivity index (χ4n) is 2.19. The van der Waals surface area contributed by atoms with Gasteiger partial charge in [-0.25, -0.2) is 4.79 Å². The van der Waals surface area contributed by atoms with Crippen molar-refractivity contribution in [3.63, 3.8) is 0 Å². The van der Waals surface area contributed by atoms with Crippen LogP contribution in [-0.2, 0) is 4.74 Å². The number of carbonyl (C=O) groups is 2. The van der Waals surface area contributed by atoms with Crippen LogP contribution in [0.2, 0.25) is 0 Å². The van der Waals surface area contributed by atoms with Crippen molar-refractivity contribution in [1.29, 1.82) is 0 Å². The van der Waals surface area contributed by atoms with Gasteiger partial charge in [0.05, 0.1) is 35.3 Å². The quantitative estimate of drug-likeness (QED) is 0.780. The van der Waals surface area contributed by atoms with E-state index >= 15 is 0 Å². The van der Waals surface area contributed by atoms with E-state index in [-0.39, 0.29) is 5.91 Å². The second-order valence-electron chi connectivity index (χ2n) is 4.34. The van der Waals surface area contributed by atoms with Gasteiger partial charge in [0.1, 0.15) is 0 Å². The standard InChI is InChI=1S/C15H12N2O3/c1-20-15(19)10-6-4-8-12-13(10)17-14(18)9-5-2-3-7-11(9)16-12/h2-8,16H,1H3,(H,17,18). The SMILES string of the molecule is COC(=O)c1cccc2c1NC(=O)c1ccccc1N2. The summed E-state index contributed by atoms with van der Waals surface area (Å²) >= 11 is 0. The van der Waals surface area contributed by atoms with E-state index in [0.717, 1.165) is 0 Å². The van der Waals surface area contributed by atoms with Crippen LogP contribution in [-0.4, -0.2) is 19.0 Å². The van der Waals surface area contributed by atoms with Gasteiger partial charge in [-0.3, -0.25) is 4.79 Å². The highest BCUT2D eigenvalue weighted by atomic mass is 16.5. The van der Waals surface area contributed by atoms with Gasteiger partial charge in [-0.05, 0) is 24.3 Å². The Kier molecular flexibility index (Phi) is 2.87. The van der Waals surface area contributed by atoms with Crippen LogP contribution in [0.1, 0.15) is 20.7 Å². The van der Waals surface area contributed by atoms with Crippen molar-refractivity contribution in [1.82, 2.24) is 0 Å². The van der Waals surface area contributed by atoms with Gasteiger partial charge in [0, 0.05) is 0 Å². The van der Waals surface area contributed by atoms with Gasteiger partial charge in [-0.1, -0.05) is 18.2 Å². The highest BCUT2D eigenvalue weighted by Crippen LogP contribution is 2.34. The molecule has 2 N–H and O–H groups in total. The van der Waals surface area contributed by atoms with Gasteiger partial charge in [0.25, 0.3) is 5.91 Å². The Labute approximate surface area is 115 Å². The molecule has 1 aliphatic rings. The first kappa shape index (κ1) is 12.2. The van der Waals surface area contributed by atoms with Crippen molar-refractivity contribution in [3.05, 3.63) is 53.6 Å². The number of esters is 1. The number of benzene rings is 2. The second-order valence-corrected chi connectivity index (χ2v) is 4.34. The molecule has 0 radical (unpaired) electrons. The summed E-state index contributed by atoms with van der Waals surface area (Å²) in [5, 5.41) is 5.92. The molecule has 2 aromatic carbocycles. The molecule has 20 heavy (non-hydrogen) atoms. The first-order chi connectivity index (χ1) is 9.70. The summed E-state index contributed by atoms with van der Waals surface area (Å²) < 4.78 is 4.74. The Morgan fingerprint density at radius 3 is 2.55 bits per heavy atom. The van der Waals surface area contributed by atoms with E-state index in [2.05, 4.69) is 10.6 Å². The summed E-state index contributed by atoms with van der Waals surface area (Å²) in [5.74, 6) is -0.752. The smallest absolute Gasteiger partial charge is 0.340 e. The summed E-state index contributed by atoms with van der Waals surface area (Å²) in [7, 11) is 1.31. The number of amides is 1. The highest BCUT2D eigenvalue weighted by Gasteiger charge is 2.23. The summed E-state index contributed by atoms with van der Waals surface area (Å²) in [5.41, 5.74) is 2.63. The number of rotatable bonds is 1. The van der Waals surface area contributed by atoms with Gasteiger partial charge in [0.15, 0.2) is 0 Å². The fourth-order valence-corrected chi connectivity index (χ4v) is 2.19. The molecule has 1 heterocycles. The molecule has 0 atom stereocenters. The van der Waals surface area contributed by atoms with Crippen LogP contribution >= 0.6 is 0 Å². The Morgan fingerprint density at radius 1 is 1.00 bits per heavy atom. The number of ether oxygens (including phenoxy) is 1. The van der Waals surface area contributed by atoms with Crippen LogP contribution < -0.4 is 10.6 Å². The maximum Gasteiger partial charge on any atom is 0.340 e. The number of para-hydroxylation sites is 2. The van der Waals surface area contributed by atoms with Crippen molar-refractivity contribution in [2.75, 3.05) is 17.7 Å². The van der Waals surface area contributed by atoms with E-state index in [1.54, 1.807) is 30.3 Å². The fraction of sp³-hybridized carbons (Fsp3) is 0.0667. The van der Waals surface area contributed by atoms with Crippen LogP contribution in [0.15, 0.2) is 42.5 Å². The minimum atomic E-state index is -0.491. The van der Waals surface area contributed by atoms with Gasteiger partial charge in [-0.2, -0.15) is 0 Å². The Morgan fingerprint density at radius 2 is 1.75 bits per heavy atom. The molecule has 0 spiro atoms. The van der Waals surface area contributed by atoms with E-state index in [0.29, 0.717) is 28.2 Å². The molecule has 0 fully saturated rings. The van der Waals surface area contributed by atoms with Crippen LogP contribution in [0.4, 0.5) is 17.1 Å². The van der Waals surface area contributed by atoms with Crippen molar-refractivity contribution in [3.8, 4) is 0 Å². The Bertz CT molecular complexity index is 710. The number of hydrogen-bond donors (Lipinski definition) is 2. The molecule has 0 bridgehead atoms. The largest absolute Gasteiger partial charge is 0.465 e. The Hall–Kier alpha value is -2.82. The number of fused-ring (bicyclic) bond motifs is 2. The molecular formula is C15H12N2O3. The Balaban J connectivity index is 2.16. The number of nitrogens with one attached hydrogen (secondary N) is 2. The molecule has 5 nitrogen and oxygen atoms in total. The van der Waals surface area contributed by atoms with Crippen LogP contribution in [0, 0.1) is 0 Å². The number of methoxy groups -OCH3 is 1. The maximum absolute atomic E-state index is 12.2. The van der Waals surface area contributed by atoms with E-state index in [9.17, 15) is 9.59 Å². The molecule has 100 valence electrons. The third-order valence-electron chi connectivity index (χ3n) is 3.15. The molecule has 0 saturated carbocycles. The summed E-state index contributed by atoms with van der Waals surface area (Å²) in [6.45, 7) is 0. The average molecular weight is 268 g/mol. The normalized spacial score (nSPS) is 12.3. The zero-order valence-corrected chi connectivity index (χ0v) is 10.8. The molecule has 5 heteroatoms. The maximum atomic E-state index is 12.2. The van der Waals surface area contributed by atoms with E-state index in [1.807, 2.05) is 12.1 Å². The third-order valence-corrected chi connectivity index (χ3v) is 3.15. The number of carbonyl (C=O) groups excluding carboxylic acids is 2. The van der Waals surface area contributed by atoms with Crippen molar-refractivity contribution in [2.45, 2.75) is 0 Å². The predicted octanol–water partition coefficient (Wildman–Crippen LogP) is 2.78. The molecule has 0 aliphatic carbocycles. The van der Waals surface area contributed by atoms with Crippen LogP contribution in [0.3, 0.4) is 0 Å². The van der Waals surface area contributed by atoms with Crippen LogP contribution in [0.5, 0.6) is 0 Å². The zero-order valence-electron chi connectivity index (χ0n) is 10.8. The van der Waals surface area contributed by atoms with E-state index in [1.165, 1.54) is 7.11 Å². The molecule has 2 aromatic rings. The number of hydrogen-bond acceptors (Lipinski definition) is 4. The summed E-state index contributed by atoms with van der Waals surface area (Å²) in [4.78, 5) is 24.0. The van der Waals surface area contributed by atoms with E-state index in [4.69, 9.17) is 4.74 Å². The lowest BCUT2D eigenvalue weighted by atomic mass is 10.1. The first-order valence-corrected chi connectivity index (χ1v) is 6.09. The van der Waals surface area contributed by atoms with Crippen molar-refractivity contribution in [2.24, 2.45) is 0 Å². The summed E-state index contributed by atoms with van der Waals surface area (Å²) in [6, 6.07) is 12.3. The lowest BCUT2D eigenvalue weighted by Gasteiger charge is -2.11. The average Bonchev–Trinajstić information content (AvgIpc) is 2.62. The molecule has 0 aromatic heterocycles. The molecular weight excluding hydrogens is 256 g/mol. The van der Waals surface area contributed by atoms with Crippen molar-refractivity contribution >= 4 is 28.9 Å². The second kappa shape index (κ2) is 4.70. The topological polar surface area (TPSA) is 67.4 Å². The van der Waals surface area contributed by atoms with Gasteiger partial charge < -0.3 is 15.4 Å². The van der Waals surface area contributed by atoms with Crippen LogP contribution in [0.25, 0.3) is 0 Å². The zero-order chi connectivity index (χ0) is 14.1. The minimum absolute atomic E-state index is 0.261. The molecule has 1 aliphatic heterocycles. The summed E-state index contributed by atoms with van der Waals surface area (Å²) in [6.07, 6.45) is 0. The minimum Gasteiger partial charge on any atom is -0.465 e. The molecule has 0 unspecified atom stereocenters. The number of anilines is 3. The lowest BCUT2D eigenvalue weighted by molar-refractivity contribution is 0.0602. The monoisotopic (exact) mass is 268 g/mol. The first-order valence-electron chi connectivity index (χ1n) is 6.09. The molecule has 3 rings (SSSR count). The van der Waals surface area contributed by atoms with Gasteiger partial charge in [-0.15, -0.1) is 0 Å². The van der Waals surface area contributed by atoms with Gasteiger partial charge >= 0.3 is 5.97 Å². The molecule has 1 amide bonds. The molecule has 0 saturated heterocycles. The van der Waals surface area contributed by atoms with Gasteiger partial charge in [0.2, 0.25) is 0 Å². The predicted molar refractivity (Wildman–Crippen MR) is 75.5 cm³/mol. The highest BCUT2D eigenvalue weighted by molar-refractivity contribution is 6.15. The third kappa shape index (κ3) is 1.89. The van der Waals surface area contributed by atoms with E-state index < -0.39 is 5.97 Å².